The molecule has 0 bridgehead atoms. The number of benzene rings is 2. The average Bonchev–Trinajstić information content (AvgIpc) is 3.19. The standard InChI is InChI=1S/C20H17ClFN3O2/c21-16-7-3-14(4-8-16)20(26)25-11-1-2-15(12-25)19-23-18(24-27-19)13-5-9-17(22)10-6-13/h3-10,15H,1-2,11-12H2. The van der Waals surface area contributed by atoms with Gasteiger partial charge in [-0.25, -0.2) is 4.39 Å². The maximum absolute atomic E-state index is 13.1. The van der Waals surface area contributed by atoms with E-state index in [1.165, 1.54) is 12.1 Å². The molecule has 1 aliphatic heterocycles. The summed E-state index contributed by atoms with van der Waals surface area (Å²) in [6.45, 7) is 1.21. The highest BCUT2D eigenvalue weighted by Crippen LogP contribution is 2.28. The summed E-state index contributed by atoms with van der Waals surface area (Å²) in [4.78, 5) is 19.0. The number of aromatic nitrogens is 2. The van der Waals surface area contributed by atoms with Gasteiger partial charge in [0.05, 0.1) is 5.92 Å². The van der Waals surface area contributed by atoms with Crippen LogP contribution in [0.2, 0.25) is 5.02 Å². The molecule has 3 aromatic rings. The molecule has 1 aliphatic rings. The van der Waals surface area contributed by atoms with Gasteiger partial charge in [-0.15, -0.1) is 0 Å². The van der Waals surface area contributed by atoms with Crippen molar-refractivity contribution in [3.8, 4) is 11.4 Å². The second-order valence-electron chi connectivity index (χ2n) is 6.56. The molecule has 5 nitrogen and oxygen atoms in total. The fraction of sp³-hybridized carbons (Fsp3) is 0.250. The van der Waals surface area contributed by atoms with E-state index >= 15 is 0 Å². The van der Waals surface area contributed by atoms with Crippen LogP contribution in [-0.2, 0) is 0 Å². The monoisotopic (exact) mass is 385 g/mol. The van der Waals surface area contributed by atoms with Crippen LogP contribution >= 0.6 is 11.6 Å². The minimum atomic E-state index is -0.314. The summed E-state index contributed by atoms with van der Waals surface area (Å²) in [6, 6.07) is 12.8. The lowest BCUT2D eigenvalue weighted by Gasteiger charge is -2.31. The van der Waals surface area contributed by atoms with Crippen LogP contribution in [0.1, 0.15) is 35.0 Å². The molecule has 4 rings (SSSR count). The van der Waals surface area contributed by atoms with E-state index in [9.17, 15) is 9.18 Å². The third-order valence-electron chi connectivity index (χ3n) is 4.69. The van der Waals surface area contributed by atoms with Gasteiger partial charge in [-0.3, -0.25) is 4.79 Å². The highest BCUT2D eigenvalue weighted by Gasteiger charge is 2.29. The summed E-state index contributed by atoms with van der Waals surface area (Å²) >= 11 is 5.89. The number of piperidine rings is 1. The zero-order chi connectivity index (χ0) is 18.8. The maximum Gasteiger partial charge on any atom is 0.253 e. The molecule has 0 spiro atoms. The lowest BCUT2D eigenvalue weighted by Crippen LogP contribution is -2.39. The molecule has 0 aliphatic carbocycles. The van der Waals surface area contributed by atoms with Gasteiger partial charge in [-0.2, -0.15) is 4.98 Å². The molecule has 1 atom stereocenters. The Labute approximate surface area is 160 Å². The molecule has 0 N–H and O–H groups in total. The summed E-state index contributed by atoms with van der Waals surface area (Å²) in [5.74, 6) is 0.562. The van der Waals surface area contributed by atoms with Crippen molar-refractivity contribution < 1.29 is 13.7 Å². The number of halogens is 2. The van der Waals surface area contributed by atoms with Crippen molar-refractivity contribution in [2.75, 3.05) is 13.1 Å². The third kappa shape index (κ3) is 3.85. The third-order valence-corrected chi connectivity index (χ3v) is 4.95. The molecule has 2 aromatic carbocycles. The van der Waals surface area contributed by atoms with Crippen molar-refractivity contribution in [1.29, 1.82) is 0 Å². The fourth-order valence-corrected chi connectivity index (χ4v) is 3.38. The van der Waals surface area contributed by atoms with E-state index in [0.29, 0.717) is 41.0 Å². The van der Waals surface area contributed by atoms with Crippen molar-refractivity contribution in [2.45, 2.75) is 18.8 Å². The van der Waals surface area contributed by atoms with Crippen molar-refractivity contribution in [3.63, 3.8) is 0 Å². The largest absolute Gasteiger partial charge is 0.339 e. The first kappa shape index (κ1) is 17.7. The molecule has 1 saturated heterocycles. The number of amides is 1. The average molecular weight is 386 g/mol. The van der Waals surface area contributed by atoms with Gasteiger partial charge in [0, 0.05) is 29.2 Å². The molecule has 0 radical (unpaired) electrons. The first-order valence-electron chi connectivity index (χ1n) is 8.74. The molecule has 7 heteroatoms. The Bertz CT molecular complexity index is 941. The highest BCUT2D eigenvalue weighted by atomic mass is 35.5. The molecule has 1 amide bonds. The predicted molar refractivity (Wildman–Crippen MR) is 99.0 cm³/mol. The van der Waals surface area contributed by atoms with Crippen LogP contribution in [0.3, 0.4) is 0 Å². The van der Waals surface area contributed by atoms with Gasteiger partial charge in [0.1, 0.15) is 5.82 Å². The number of nitrogens with zero attached hydrogens (tertiary/aromatic N) is 3. The molecule has 1 aromatic heterocycles. The molecule has 138 valence electrons. The van der Waals surface area contributed by atoms with E-state index in [-0.39, 0.29) is 17.6 Å². The summed E-state index contributed by atoms with van der Waals surface area (Å²) < 4.78 is 18.5. The van der Waals surface area contributed by atoms with E-state index < -0.39 is 0 Å². The lowest BCUT2D eigenvalue weighted by molar-refractivity contribution is 0.0695. The van der Waals surface area contributed by atoms with E-state index in [1.807, 2.05) is 0 Å². The Morgan fingerprint density at radius 1 is 1.15 bits per heavy atom. The van der Waals surface area contributed by atoms with Crippen LogP contribution in [0.15, 0.2) is 53.1 Å². The molecular weight excluding hydrogens is 369 g/mol. The topological polar surface area (TPSA) is 59.2 Å². The number of likely N-dealkylation sites (tertiary alicyclic amines) is 1. The van der Waals surface area contributed by atoms with Gasteiger partial charge in [0.15, 0.2) is 0 Å². The van der Waals surface area contributed by atoms with Crippen LogP contribution in [0.4, 0.5) is 4.39 Å². The second-order valence-corrected chi connectivity index (χ2v) is 7.00. The fourth-order valence-electron chi connectivity index (χ4n) is 3.26. The Balaban J connectivity index is 1.49. The Hall–Kier alpha value is -2.73. The predicted octanol–water partition coefficient (Wildman–Crippen LogP) is 4.55. The Morgan fingerprint density at radius 2 is 1.89 bits per heavy atom. The summed E-state index contributed by atoms with van der Waals surface area (Å²) in [7, 11) is 0. The normalized spacial score (nSPS) is 17.1. The minimum Gasteiger partial charge on any atom is -0.339 e. The van der Waals surface area contributed by atoms with E-state index in [0.717, 1.165) is 12.8 Å². The van der Waals surface area contributed by atoms with E-state index in [1.54, 1.807) is 41.3 Å². The molecule has 1 fully saturated rings. The highest BCUT2D eigenvalue weighted by molar-refractivity contribution is 6.30. The molecule has 2 heterocycles. The molecular formula is C20H17ClFN3O2. The van der Waals surface area contributed by atoms with Gasteiger partial charge in [-0.1, -0.05) is 16.8 Å². The number of rotatable bonds is 3. The lowest BCUT2D eigenvalue weighted by atomic mass is 9.97. The molecule has 0 saturated carbocycles. The van der Waals surface area contributed by atoms with Crippen LogP contribution in [0.25, 0.3) is 11.4 Å². The van der Waals surface area contributed by atoms with Crippen molar-refractivity contribution in [3.05, 3.63) is 70.8 Å². The smallest absolute Gasteiger partial charge is 0.253 e. The van der Waals surface area contributed by atoms with Gasteiger partial charge < -0.3 is 9.42 Å². The molecule has 1 unspecified atom stereocenters. The Kier molecular flexibility index (Phi) is 4.90. The van der Waals surface area contributed by atoms with Crippen LogP contribution in [-0.4, -0.2) is 34.0 Å². The molecule has 27 heavy (non-hydrogen) atoms. The van der Waals surface area contributed by atoms with Crippen LogP contribution in [0.5, 0.6) is 0 Å². The summed E-state index contributed by atoms with van der Waals surface area (Å²) in [5.41, 5.74) is 1.30. The summed E-state index contributed by atoms with van der Waals surface area (Å²) in [6.07, 6.45) is 1.73. The van der Waals surface area contributed by atoms with Gasteiger partial charge in [-0.05, 0) is 61.4 Å². The van der Waals surface area contributed by atoms with Crippen molar-refractivity contribution in [2.24, 2.45) is 0 Å². The first-order valence-corrected chi connectivity index (χ1v) is 9.12. The summed E-state index contributed by atoms with van der Waals surface area (Å²) in [5, 5.41) is 4.60. The van der Waals surface area contributed by atoms with Gasteiger partial charge in [0.2, 0.25) is 11.7 Å². The Morgan fingerprint density at radius 3 is 2.63 bits per heavy atom. The number of carbonyl (C=O) groups is 1. The number of hydrogen-bond donors (Lipinski definition) is 0. The second kappa shape index (κ2) is 7.48. The van der Waals surface area contributed by atoms with E-state index in [4.69, 9.17) is 16.1 Å². The van der Waals surface area contributed by atoms with Crippen LogP contribution in [0, 0.1) is 5.82 Å². The quantitative estimate of drug-likeness (QED) is 0.663. The zero-order valence-corrected chi connectivity index (χ0v) is 15.2. The number of carbonyl (C=O) groups excluding carboxylic acids is 1. The van der Waals surface area contributed by atoms with Gasteiger partial charge in [0.25, 0.3) is 5.91 Å². The minimum absolute atomic E-state index is 0.0169. The van der Waals surface area contributed by atoms with Crippen molar-refractivity contribution in [1.82, 2.24) is 15.0 Å². The van der Waals surface area contributed by atoms with Crippen LogP contribution < -0.4 is 0 Å². The maximum atomic E-state index is 13.1. The van der Waals surface area contributed by atoms with Gasteiger partial charge >= 0.3 is 0 Å². The first-order chi connectivity index (χ1) is 13.1. The van der Waals surface area contributed by atoms with E-state index in [2.05, 4.69) is 10.1 Å². The number of hydrogen-bond acceptors (Lipinski definition) is 4. The van der Waals surface area contributed by atoms with Crippen molar-refractivity contribution >= 4 is 17.5 Å². The SMILES string of the molecule is O=C(c1ccc(Cl)cc1)N1CCCC(c2nc(-c3ccc(F)cc3)no2)C1. The zero-order valence-electron chi connectivity index (χ0n) is 14.4.